The van der Waals surface area contributed by atoms with Crippen molar-refractivity contribution in [1.29, 1.82) is 0 Å². The zero-order valence-electron chi connectivity index (χ0n) is 13.4. The van der Waals surface area contributed by atoms with Crippen molar-refractivity contribution in [2.75, 3.05) is 0 Å². The first-order valence-corrected chi connectivity index (χ1v) is 8.41. The molecule has 2 aromatic carbocycles. The quantitative estimate of drug-likeness (QED) is 0.888. The van der Waals surface area contributed by atoms with Crippen LogP contribution >= 0.6 is 0 Å². The predicted molar refractivity (Wildman–Crippen MR) is 85.4 cm³/mol. The molecular weight excluding hydrogens is 300 g/mol. The minimum absolute atomic E-state index is 0.00792. The van der Waals surface area contributed by atoms with Gasteiger partial charge in [0.1, 0.15) is 16.4 Å². The second-order valence-corrected chi connectivity index (χ2v) is 7.53. The van der Waals surface area contributed by atoms with Gasteiger partial charge in [-0.3, -0.25) is 0 Å². The fourth-order valence-electron chi connectivity index (χ4n) is 2.46. The number of phenols is 2. The van der Waals surface area contributed by atoms with Crippen molar-refractivity contribution in [2.24, 2.45) is 0 Å². The van der Waals surface area contributed by atoms with Crippen LogP contribution < -0.4 is 0 Å². The lowest BCUT2D eigenvalue weighted by Crippen LogP contribution is -2.07. The Morgan fingerprint density at radius 1 is 0.727 bits per heavy atom. The van der Waals surface area contributed by atoms with Gasteiger partial charge in [-0.05, 0) is 69.0 Å². The Kier molecular flexibility index (Phi) is 3.96. The minimum atomic E-state index is -3.91. The van der Waals surface area contributed by atoms with E-state index in [0.29, 0.717) is 11.1 Å². The van der Waals surface area contributed by atoms with E-state index in [2.05, 4.69) is 0 Å². The normalized spacial score (nSPS) is 11.7. The highest BCUT2D eigenvalue weighted by Gasteiger charge is 2.27. The van der Waals surface area contributed by atoms with E-state index >= 15 is 0 Å². The molecule has 0 aliphatic carbocycles. The molecule has 0 bridgehead atoms. The number of hydrogen-bond donors (Lipinski definition) is 2. The molecule has 0 atom stereocenters. The molecule has 22 heavy (non-hydrogen) atoms. The molecule has 2 N–H and O–H groups in total. The first-order chi connectivity index (χ1) is 10.1. The Bertz CT molecular complexity index is 865. The Hall–Kier alpha value is -2.01. The number of aryl methyl sites for hydroxylation is 2. The maximum atomic E-state index is 12.9. The van der Waals surface area contributed by atoms with E-state index in [4.69, 9.17) is 0 Å². The highest BCUT2D eigenvalue weighted by molar-refractivity contribution is 7.91. The molecule has 118 valence electrons. The maximum absolute atomic E-state index is 12.9. The molecule has 0 heterocycles. The Morgan fingerprint density at radius 3 is 1.91 bits per heavy atom. The van der Waals surface area contributed by atoms with Crippen LogP contribution in [0.25, 0.3) is 0 Å². The molecule has 0 unspecified atom stereocenters. The summed E-state index contributed by atoms with van der Waals surface area (Å²) in [4.78, 5) is -0.118. The summed E-state index contributed by atoms with van der Waals surface area (Å²) in [6.07, 6.45) is 0. The van der Waals surface area contributed by atoms with Crippen molar-refractivity contribution in [2.45, 2.75) is 44.4 Å². The fourth-order valence-corrected chi connectivity index (χ4v) is 4.19. The van der Waals surface area contributed by atoms with Crippen LogP contribution in [0.4, 0.5) is 0 Å². The molecule has 0 saturated heterocycles. The summed E-state index contributed by atoms with van der Waals surface area (Å²) in [5, 5.41) is 20.3. The third-order valence-corrected chi connectivity index (χ3v) is 6.16. The second kappa shape index (κ2) is 5.32. The lowest BCUT2D eigenvalue weighted by atomic mass is 10.0. The third-order valence-electron chi connectivity index (χ3n) is 4.25. The molecule has 0 spiro atoms. The summed E-state index contributed by atoms with van der Waals surface area (Å²) in [6, 6.07) is 4.49. The highest BCUT2D eigenvalue weighted by Crippen LogP contribution is 2.37. The van der Waals surface area contributed by atoms with Crippen molar-refractivity contribution in [3.05, 3.63) is 46.0 Å². The molecule has 0 aliphatic rings. The van der Waals surface area contributed by atoms with Crippen LogP contribution in [0.3, 0.4) is 0 Å². The van der Waals surface area contributed by atoms with E-state index in [9.17, 15) is 18.6 Å². The van der Waals surface area contributed by atoms with E-state index < -0.39 is 9.84 Å². The Balaban J connectivity index is 2.80. The molecule has 2 aromatic rings. The molecule has 0 amide bonds. The van der Waals surface area contributed by atoms with Crippen LogP contribution in [0.5, 0.6) is 11.5 Å². The number of rotatable bonds is 2. The smallest absolute Gasteiger partial charge is 0.210 e. The van der Waals surface area contributed by atoms with E-state index in [0.717, 1.165) is 11.1 Å². The minimum Gasteiger partial charge on any atom is -0.507 e. The fraction of sp³-hybridized carbons (Fsp3) is 0.294. The van der Waals surface area contributed by atoms with Crippen LogP contribution in [-0.4, -0.2) is 18.6 Å². The Morgan fingerprint density at radius 2 is 1.32 bits per heavy atom. The molecular formula is C17H20O4S. The number of aromatic hydroxyl groups is 2. The lowest BCUT2D eigenvalue weighted by Gasteiger charge is -2.15. The summed E-state index contributed by atoms with van der Waals surface area (Å²) >= 11 is 0. The molecule has 0 saturated carbocycles. The van der Waals surface area contributed by atoms with Gasteiger partial charge in [-0.25, -0.2) is 8.42 Å². The monoisotopic (exact) mass is 320 g/mol. The molecule has 0 aliphatic heterocycles. The first-order valence-electron chi connectivity index (χ1n) is 6.93. The van der Waals surface area contributed by atoms with E-state index in [1.165, 1.54) is 12.1 Å². The van der Waals surface area contributed by atoms with E-state index in [1.54, 1.807) is 33.8 Å². The van der Waals surface area contributed by atoms with Crippen LogP contribution in [-0.2, 0) is 9.84 Å². The van der Waals surface area contributed by atoms with Gasteiger partial charge >= 0.3 is 0 Å². The van der Waals surface area contributed by atoms with Crippen molar-refractivity contribution in [3.63, 3.8) is 0 Å². The Labute approximate surface area is 131 Å². The molecule has 0 aromatic heterocycles. The standard InChI is InChI=1S/C17H20O4S/c1-9-6-7-14(13(5)16(9)18)22(20,21)15-8-10(2)11(3)12(4)17(15)19/h6-8,18-19H,1-5H3. The van der Waals surface area contributed by atoms with Crippen molar-refractivity contribution < 1.29 is 18.6 Å². The van der Waals surface area contributed by atoms with Gasteiger partial charge in [0.25, 0.3) is 0 Å². The van der Waals surface area contributed by atoms with Crippen molar-refractivity contribution in [3.8, 4) is 11.5 Å². The zero-order chi connectivity index (χ0) is 16.8. The van der Waals surface area contributed by atoms with Gasteiger partial charge in [0.05, 0.1) is 4.90 Å². The number of phenolic OH excluding ortho intramolecular Hbond substituents is 2. The van der Waals surface area contributed by atoms with Crippen molar-refractivity contribution in [1.82, 2.24) is 0 Å². The summed E-state index contributed by atoms with van der Waals surface area (Å²) in [5.41, 5.74) is 3.10. The predicted octanol–water partition coefficient (Wildman–Crippen LogP) is 3.47. The third kappa shape index (κ3) is 2.35. The maximum Gasteiger partial charge on any atom is 0.210 e. The lowest BCUT2D eigenvalue weighted by molar-refractivity contribution is 0.452. The van der Waals surface area contributed by atoms with E-state index in [1.807, 2.05) is 6.92 Å². The molecule has 2 rings (SSSR count). The van der Waals surface area contributed by atoms with Gasteiger partial charge in [-0.1, -0.05) is 6.07 Å². The summed E-state index contributed by atoms with van der Waals surface area (Å²) in [6.45, 7) is 8.59. The topological polar surface area (TPSA) is 74.6 Å². The van der Waals surface area contributed by atoms with Crippen LogP contribution in [0.2, 0.25) is 0 Å². The van der Waals surface area contributed by atoms with Gasteiger partial charge in [0.2, 0.25) is 9.84 Å². The zero-order valence-corrected chi connectivity index (χ0v) is 14.2. The average molecular weight is 320 g/mol. The number of benzene rings is 2. The van der Waals surface area contributed by atoms with Crippen molar-refractivity contribution >= 4 is 9.84 Å². The van der Waals surface area contributed by atoms with Crippen LogP contribution in [0, 0.1) is 34.6 Å². The second-order valence-electron chi connectivity index (χ2n) is 5.65. The van der Waals surface area contributed by atoms with Gasteiger partial charge in [-0.2, -0.15) is 0 Å². The summed E-state index contributed by atoms with van der Waals surface area (Å²) in [7, 11) is -3.91. The van der Waals surface area contributed by atoms with Gasteiger partial charge in [-0.15, -0.1) is 0 Å². The van der Waals surface area contributed by atoms with Gasteiger partial charge in [0, 0.05) is 5.56 Å². The highest BCUT2D eigenvalue weighted by atomic mass is 32.2. The molecule has 4 nitrogen and oxygen atoms in total. The van der Waals surface area contributed by atoms with Crippen LogP contribution in [0.15, 0.2) is 28.0 Å². The number of sulfone groups is 1. The van der Waals surface area contributed by atoms with E-state index in [-0.39, 0.29) is 26.9 Å². The van der Waals surface area contributed by atoms with Crippen LogP contribution in [0.1, 0.15) is 27.8 Å². The summed E-state index contributed by atoms with van der Waals surface area (Å²) < 4.78 is 25.8. The SMILES string of the molecule is Cc1cc(S(=O)(=O)c2ccc(C)c(O)c2C)c(O)c(C)c1C. The van der Waals surface area contributed by atoms with Gasteiger partial charge in [0.15, 0.2) is 0 Å². The average Bonchev–Trinajstić information content (AvgIpc) is 2.46. The summed E-state index contributed by atoms with van der Waals surface area (Å²) in [5.74, 6) is -0.274. The number of hydrogen-bond acceptors (Lipinski definition) is 4. The molecule has 5 heteroatoms. The molecule has 0 fully saturated rings. The molecule has 0 radical (unpaired) electrons. The first kappa shape index (κ1) is 16.4. The largest absolute Gasteiger partial charge is 0.507 e. The van der Waals surface area contributed by atoms with Gasteiger partial charge < -0.3 is 10.2 Å².